The molecule has 0 atom stereocenters. The number of amides is 1. The number of non-ortho nitro benzene ring substituents is 1. The van der Waals surface area contributed by atoms with Crippen LogP contribution in [0.25, 0.3) is 17.0 Å². The lowest BCUT2D eigenvalue weighted by atomic mass is 10.1. The van der Waals surface area contributed by atoms with E-state index in [-0.39, 0.29) is 17.0 Å². The Morgan fingerprint density at radius 1 is 1.12 bits per heavy atom. The van der Waals surface area contributed by atoms with Crippen molar-refractivity contribution < 1.29 is 14.5 Å². The number of carbonyl (C=O) groups excluding carboxylic acids is 2. The van der Waals surface area contributed by atoms with Crippen LogP contribution in [0.1, 0.15) is 12.5 Å². The van der Waals surface area contributed by atoms with Gasteiger partial charge in [-0.15, -0.1) is 0 Å². The van der Waals surface area contributed by atoms with Gasteiger partial charge in [-0.3, -0.25) is 19.7 Å². The van der Waals surface area contributed by atoms with Crippen molar-refractivity contribution in [3.05, 3.63) is 76.0 Å². The number of nitrogens with one attached hydrogen (secondary N) is 2. The number of aromatic nitrogens is 1. The molecule has 0 aliphatic carbocycles. The monoisotopic (exact) mass is 349 g/mol. The van der Waals surface area contributed by atoms with Crippen LogP contribution in [-0.2, 0) is 9.59 Å². The van der Waals surface area contributed by atoms with Gasteiger partial charge in [-0.1, -0.05) is 18.2 Å². The zero-order chi connectivity index (χ0) is 18.7. The van der Waals surface area contributed by atoms with E-state index in [1.165, 1.54) is 37.3 Å². The molecule has 0 bridgehead atoms. The second-order valence-electron chi connectivity index (χ2n) is 5.66. The van der Waals surface area contributed by atoms with Gasteiger partial charge in [0.25, 0.3) is 11.6 Å². The summed E-state index contributed by atoms with van der Waals surface area (Å²) in [5.41, 5.74) is 1.91. The molecule has 3 aromatic rings. The summed E-state index contributed by atoms with van der Waals surface area (Å²) < 4.78 is 0. The van der Waals surface area contributed by atoms with E-state index in [2.05, 4.69) is 10.3 Å². The molecule has 0 aliphatic heterocycles. The standard InChI is InChI=1S/C19H15N3O4/c1-12(23)17(10-13-11-20-18-5-3-2-4-16(13)18)19(24)21-14-6-8-15(9-7-14)22(25)26/h2-11,20H,1H3,(H,21,24). The van der Waals surface area contributed by atoms with Gasteiger partial charge in [0.05, 0.1) is 10.5 Å². The average Bonchev–Trinajstić information content (AvgIpc) is 3.02. The molecule has 0 saturated heterocycles. The normalized spacial score (nSPS) is 11.3. The first kappa shape index (κ1) is 17.1. The van der Waals surface area contributed by atoms with Crippen LogP contribution in [0, 0.1) is 10.1 Å². The van der Waals surface area contributed by atoms with Crippen molar-refractivity contribution in [3.63, 3.8) is 0 Å². The van der Waals surface area contributed by atoms with Crippen molar-refractivity contribution in [2.24, 2.45) is 0 Å². The first-order valence-electron chi connectivity index (χ1n) is 7.80. The highest BCUT2D eigenvalue weighted by atomic mass is 16.6. The zero-order valence-electron chi connectivity index (χ0n) is 13.9. The Morgan fingerprint density at radius 2 is 1.81 bits per heavy atom. The van der Waals surface area contributed by atoms with Gasteiger partial charge < -0.3 is 10.3 Å². The van der Waals surface area contributed by atoms with Gasteiger partial charge in [0.15, 0.2) is 5.78 Å². The van der Waals surface area contributed by atoms with Crippen molar-refractivity contribution >= 4 is 40.0 Å². The molecule has 0 unspecified atom stereocenters. The molecular weight excluding hydrogens is 334 g/mol. The maximum absolute atomic E-state index is 12.5. The van der Waals surface area contributed by atoms with Crippen LogP contribution in [0.15, 0.2) is 60.3 Å². The average molecular weight is 349 g/mol. The lowest BCUT2D eigenvalue weighted by Crippen LogP contribution is -2.18. The summed E-state index contributed by atoms with van der Waals surface area (Å²) in [5.74, 6) is -0.952. The minimum atomic E-state index is -0.573. The molecule has 1 amide bonds. The topological polar surface area (TPSA) is 105 Å². The number of Topliss-reactive ketones (excluding diaryl/α,β-unsaturated/α-hetero) is 1. The number of nitrogens with zero attached hydrogens (tertiary/aromatic N) is 1. The van der Waals surface area contributed by atoms with Crippen LogP contribution >= 0.6 is 0 Å². The second-order valence-corrected chi connectivity index (χ2v) is 5.66. The molecule has 0 radical (unpaired) electrons. The molecule has 0 aliphatic rings. The van der Waals surface area contributed by atoms with Crippen LogP contribution in [0.3, 0.4) is 0 Å². The number of aromatic amines is 1. The van der Waals surface area contributed by atoms with Gasteiger partial charge in [0, 0.05) is 40.5 Å². The summed E-state index contributed by atoms with van der Waals surface area (Å²) in [7, 11) is 0. The lowest BCUT2D eigenvalue weighted by molar-refractivity contribution is -0.384. The largest absolute Gasteiger partial charge is 0.361 e. The summed E-state index contributed by atoms with van der Waals surface area (Å²) in [6.45, 7) is 1.32. The molecule has 7 nitrogen and oxygen atoms in total. The Hall–Kier alpha value is -3.74. The van der Waals surface area contributed by atoms with Gasteiger partial charge in [-0.2, -0.15) is 0 Å². The van der Waals surface area contributed by atoms with Crippen LogP contribution in [0.2, 0.25) is 0 Å². The van der Waals surface area contributed by atoms with Gasteiger partial charge >= 0.3 is 0 Å². The number of nitro benzene ring substituents is 1. The predicted octanol–water partition coefficient (Wildman–Crippen LogP) is 3.69. The molecule has 0 saturated carbocycles. The highest BCUT2D eigenvalue weighted by Crippen LogP contribution is 2.22. The molecule has 26 heavy (non-hydrogen) atoms. The smallest absolute Gasteiger partial charge is 0.269 e. The van der Waals surface area contributed by atoms with E-state index in [9.17, 15) is 19.7 Å². The first-order valence-corrected chi connectivity index (χ1v) is 7.80. The van der Waals surface area contributed by atoms with Crippen molar-refractivity contribution in [1.29, 1.82) is 0 Å². The van der Waals surface area contributed by atoms with Gasteiger partial charge in [-0.25, -0.2) is 0 Å². The molecule has 3 rings (SSSR count). The maximum Gasteiger partial charge on any atom is 0.269 e. The van der Waals surface area contributed by atoms with Crippen LogP contribution < -0.4 is 5.32 Å². The fourth-order valence-electron chi connectivity index (χ4n) is 2.56. The van der Waals surface area contributed by atoms with Crippen LogP contribution in [0.5, 0.6) is 0 Å². The highest BCUT2D eigenvalue weighted by molar-refractivity contribution is 6.26. The Morgan fingerprint density at radius 3 is 2.46 bits per heavy atom. The Bertz CT molecular complexity index is 1030. The van der Waals surface area contributed by atoms with Crippen molar-refractivity contribution in [2.45, 2.75) is 6.92 Å². The number of hydrogen-bond acceptors (Lipinski definition) is 4. The SMILES string of the molecule is CC(=O)C(=Cc1c[nH]c2ccccc12)C(=O)Nc1ccc([N+](=O)[O-])cc1. The van der Waals surface area contributed by atoms with E-state index in [1.807, 2.05) is 24.3 Å². The van der Waals surface area contributed by atoms with E-state index in [0.29, 0.717) is 5.69 Å². The number of para-hydroxylation sites is 1. The van der Waals surface area contributed by atoms with Gasteiger partial charge in [0.1, 0.15) is 0 Å². The molecule has 0 spiro atoms. The molecule has 1 aromatic heterocycles. The number of anilines is 1. The highest BCUT2D eigenvalue weighted by Gasteiger charge is 2.16. The number of carbonyl (C=O) groups is 2. The molecule has 7 heteroatoms. The van der Waals surface area contributed by atoms with E-state index < -0.39 is 10.8 Å². The molecular formula is C19H15N3O4. The second kappa shape index (κ2) is 7.02. The fourth-order valence-corrected chi connectivity index (χ4v) is 2.56. The van der Waals surface area contributed by atoms with Gasteiger partial charge in [0.2, 0.25) is 0 Å². The van der Waals surface area contributed by atoms with Crippen LogP contribution in [0.4, 0.5) is 11.4 Å². The van der Waals surface area contributed by atoms with Crippen LogP contribution in [-0.4, -0.2) is 21.6 Å². The quantitative estimate of drug-likeness (QED) is 0.241. The van der Waals surface area contributed by atoms with E-state index in [0.717, 1.165) is 16.5 Å². The minimum Gasteiger partial charge on any atom is -0.361 e. The molecule has 130 valence electrons. The predicted molar refractivity (Wildman–Crippen MR) is 98.7 cm³/mol. The maximum atomic E-state index is 12.5. The number of hydrogen-bond donors (Lipinski definition) is 2. The summed E-state index contributed by atoms with van der Waals surface area (Å²) in [4.78, 5) is 37.7. The number of benzene rings is 2. The third-order valence-electron chi connectivity index (χ3n) is 3.88. The first-order chi connectivity index (χ1) is 12.5. The van der Waals surface area contributed by atoms with Crippen molar-refractivity contribution in [2.75, 3.05) is 5.32 Å². The van der Waals surface area contributed by atoms with E-state index in [1.54, 1.807) is 6.20 Å². The minimum absolute atomic E-state index is 0.00638. The Balaban J connectivity index is 1.88. The molecule has 2 aromatic carbocycles. The van der Waals surface area contributed by atoms with Gasteiger partial charge in [-0.05, 0) is 31.2 Å². The summed E-state index contributed by atoms with van der Waals surface area (Å²) >= 11 is 0. The Kier molecular flexibility index (Phi) is 4.62. The number of nitro groups is 1. The zero-order valence-corrected chi connectivity index (χ0v) is 13.9. The number of H-pyrrole nitrogens is 1. The third kappa shape index (κ3) is 3.51. The third-order valence-corrected chi connectivity index (χ3v) is 3.88. The fraction of sp³-hybridized carbons (Fsp3) is 0.0526. The van der Waals surface area contributed by atoms with E-state index in [4.69, 9.17) is 0 Å². The van der Waals surface area contributed by atoms with Crippen molar-refractivity contribution in [3.8, 4) is 0 Å². The molecule has 0 fully saturated rings. The number of ketones is 1. The Labute approximate surface area is 148 Å². The molecule has 2 N–H and O–H groups in total. The summed E-state index contributed by atoms with van der Waals surface area (Å²) in [6.07, 6.45) is 3.26. The molecule has 1 heterocycles. The summed E-state index contributed by atoms with van der Waals surface area (Å²) in [5, 5.41) is 14.2. The summed E-state index contributed by atoms with van der Waals surface area (Å²) in [6, 6.07) is 13.0. The lowest BCUT2D eigenvalue weighted by Gasteiger charge is -2.06. The number of rotatable bonds is 5. The number of fused-ring (bicyclic) bond motifs is 1. The van der Waals surface area contributed by atoms with E-state index >= 15 is 0 Å². The van der Waals surface area contributed by atoms with Crippen molar-refractivity contribution in [1.82, 2.24) is 4.98 Å².